The summed E-state index contributed by atoms with van der Waals surface area (Å²) in [7, 11) is 0. The van der Waals surface area contributed by atoms with Gasteiger partial charge in [-0.1, -0.05) is 45.6 Å². The molecular formula is C14H22O. The van der Waals surface area contributed by atoms with Crippen molar-refractivity contribution in [2.45, 2.75) is 33.6 Å². The van der Waals surface area contributed by atoms with Gasteiger partial charge in [-0.15, -0.1) is 0 Å². The van der Waals surface area contributed by atoms with Gasteiger partial charge in [-0.3, -0.25) is 0 Å². The van der Waals surface area contributed by atoms with Gasteiger partial charge in [0.2, 0.25) is 0 Å². The number of hydrogen-bond donors (Lipinski definition) is 1. The standard InChI is InChI=1S/C14H22O/c1-6-11(2)7-8-12(3)13(4)9-10-14(5)15/h8-11,15H,4-7H2,1-3H3/b10-9-,12-8+. The van der Waals surface area contributed by atoms with Crippen LogP contribution in [0.25, 0.3) is 0 Å². The summed E-state index contributed by atoms with van der Waals surface area (Å²) in [6, 6.07) is 0. The number of aliphatic hydroxyl groups excluding tert-OH is 1. The molecule has 0 radical (unpaired) electrons. The Bertz CT molecular complexity index is 282. The fraction of sp³-hybridized carbons (Fsp3) is 0.429. The van der Waals surface area contributed by atoms with Gasteiger partial charge < -0.3 is 5.11 Å². The topological polar surface area (TPSA) is 20.2 Å². The van der Waals surface area contributed by atoms with Gasteiger partial charge in [-0.25, -0.2) is 0 Å². The van der Waals surface area contributed by atoms with Gasteiger partial charge in [0.15, 0.2) is 0 Å². The van der Waals surface area contributed by atoms with Gasteiger partial charge in [0, 0.05) is 0 Å². The van der Waals surface area contributed by atoms with Crippen LogP contribution in [0.15, 0.2) is 48.3 Å². The minimum Gasteiger partial charge on any atom is -0.509 e. The molecule has 0 fully saturated rings. The Morgan fingerprint density at radius 2 is 1.93 bits per heavy atom. The summed E-state index contributed by atoms with van der Waals surface area (Å²) in [5.74, 6) is 0.774. The molecule has 1 unspecified atom stereocenters. The molecule has 0 aliphatic rings. The van der Waals surface area contributed by atoms with E-state index in [1.807, 2.05) is 6.92 Å². The molecule has 0 rings (SSSR count). The maximum Gasteiger partial charge on any atom is 0.108 e. The Morgan fingerprint density at radius 1 is 1.33 bits per heavy atom. The van der Waals surface area contributed by atoms with Crippen LogP contribution in [0.4, 0.5) is 0 Å². The van der Waals surface area contributed by atoms with Crippen molar-refractivity contribution in [2.24, 2.45) is 5.92 Å². The zero-order valence-electron chi connectivity index (χ0n) is 10.1. The quantitative estimate of drug-likeness (QED) is 0.499. The van der Waals surface area contributed by atoms with Crippen LogP contribution in [-0.2, 0) is 0 Å². The van der Waals surface area contributed by atoms with Gasteiger partial charge in [0.25, 0.3) is 0 Å². The lowest BCUT2D eigenvalue weighted by Gasteiger charge is -2.05. The molecule has 84 valence electrons. The van der Waals surface area contributed by atoms with Crippen LogP contribution in [0.5, 0.6) is 0 Å². The average Bonchev–Trinajstić information content (AvgIpc) is 2.21. The Morgan fingerprint density at radius 3 is 2.40 bits per heavy atom. The van der Waals surface area contributed by atoms with Crippen molar-refractivity contribution < 1.29 is 5.11 Å². The lowest BCUT2D eigenvalue weighted by atomic mass is 10.0. The van der Waals surface area contributed by atoms with Gasteiger partial charge in [0.05, 0.1) is 0 Å². The maximum atomic E-state index is 8.90. The van der Waals surface area contributed by atoms with E-state index in [0.29, 0.717) is 5.92 Å². The van der Waals surface area contributed by atoms with E-state index < -0.39 is 0 Å². The number of allylic oxidation sites excluding steroid dienone is 5. The van der Waals surface area contributed by atoms with Crippen molar-refractivity contribution in [3.63, 3.8) is 0 Å². The third kappa shape index (κ3) is 6.78. The Hall–Kier alpha value is -1.24. The van der Waals surface area contributed by atoms with E-state index in [9.17, 15) is 0 Å². The summed E-state index contributed by atoms with van der Waals surface area (Å²) in [5.41, 5.74) is 2.08. The molecule has 0 bridgehead atoms. The van der Waals surface area contributed by atoms with Crippen molar-refractivity contribution in [3.8, 4) is 0 Å². The van der Waals surface area contributed by atoms with Crippen LogP contribution in [-0.4, -0.2) is 5.11 Å². The molecule has 1 atom stereocenters. The monoisotopic (exact) mass is 206 g/mol. The van der Waals surface area contributed by atoms with E-state index >= 15 is 0 Å². The third-order valence-electron chi connectivity index (χ3n) is 2.51. The number of hydrogen-bond acceptors (Lipinski definition) is 1. The maximum absolute atomic E-state index is 8.90. The summed E-state index contributed by atoms with van der Waals surface area (Å²) >= 11 is 0. The van der Waals surface area contributed by atoms with Crippen LogP contribution in [0, 0.1) is 5.92 Å². The van der Waals surface area contributed by atoms with Crippen molar-refractivity contribution in [1.82, 2.24) is 0 Å². The van der Waals surface area contributed by atoms with E-state index in [1.54, 1.807) is 12.2 Å². The number of rotatable bonds is 6. The SMILES string of the molecule is C=C(O)/C=C\C(=C)/C(C)=C/CC(C)CC. The molecule has 1 heteroatoms. The molecule has 0 saturated carbocycles. The average molecular weight is 206 g/mol. The van der Waals surface area contributed by atoms with Crippen LogP contribution in [0.3, 0.4) is 0 Å². The molecule has 0 spiro atoms. The first-order chi connectivity index (χ1) is 6.97. The van der Waals surface area contributed by atoms with Crippen molar-refractivity contribution in [1.29, 1.82) is 0 Å². The van der Waals surface area contributed by atoms with Crippen molar-refractivity contribution >= 4 is 0 Å². The van der Waals surface area contributed by atoms with Crippen LogP contribution >= 0.6 is 0 Å². The van der Waals surface area contributed by atoms with E-state index in [2.05, 4.69) is 33.1 Å². The minimum atomic E-state index is 0.0610. The fourth-order valence-corrected chi connectivity index (χ4v) is 1.00. The highest BCUT2D eigenvalue weighted by atomic mass is 16.3. The van der Waals surface area contributed by atoms with Crippen LogP contribution in [0.2, 0.25) is 0 Å². The lowest BCUT2D eigenvalue weighted by molar-refractivity contribution is 0.435. The summed E-state index contributed by atoms with van der Waals surface area (Å²) in [4.78, 5) is 0. The van der Waals surface area contributed by atoms with Crippen LogP contribution < -0.4 is 0 Å². The van der Waals surface area contributed by atoms with Crippen molar-refractivity contribution in [3.05, 3.63) is 48.3 Å². The summed E-state index contributed by atoms with van der Waals surface area (Å²) < 4.78 is 0. The molecule has 1 nitrogen and oxygen atoms in total. The van der Waals surface area contributed by atoms with Gasteiger partial charge in [0.1, 0.15) is 5.76 Å². The van der Waals surface area contributed by atoms with E-state index in [-0.39, 0.29) is 5.76 Å². The molecule has 0 aromatic rings. The Balaban J connectivity index is 4.25. The highest BCUT2D eigenvalue weighted by Gasteiger charge is 1.97. The minimum absolute atomic E-state index is 0.0610. The Kier molecular flexibility index (Phi) is 6.52. The number of aliphatic hydroxyl groups is 1. The lowest BCUT2D eigenvalue weighted by Crippen LogP contribution is -1.90. The second-order valence-electron chi connectivity index (χ2n) is 3.99. The molecule has 0 aromatic heterocycles. The predicted molar refractivity (Wildman–Crippen MR) is 67.9 cm³/mol. The first kappa shape index (κ1) is 13.8. The van der Waals surface area contributed by atoms with E-state index in [0.717, 1.165) is 17.6 Å². The molecule has 0 amide bonds. The summed E-state index contributed by atoms with van der Waals surface area (Å²) in [6.45, 7) is 13.8. The highest BCUT2D eigenvalue weighted by Crippen LogP contribution is 2.14. The van der Waals surface area contributed by atoms with E-state index in [4.69, 9.17) is 5.11 Å². The van der Waals surface area contributed by atoms with Crippen LogP contribution in [0.1, 0.15) is 33.6 Å². The zero-order chi connectivity index (χ0) is 11.8. The normalized spacial score (nSPS) is 14.2. The molecule has 0 heterocycles. The van der Waals surface area contributed by atoms with E-state index in [1.165, 1.54) is 6.42 Å². The molecule has 0 aliphatic carbocycles. The van der Waals surface area contributed by atoms with Gasteiger partial charge in [-0.2, -0.15) is 0 Å². The summed E-state index contributed by atoms with van der Waals surface area (Å²) in [5, 5.41) is 8.90. The zero-order valence-corrected chi connectivity index (χ0v) is 10.1. The largest absolute Gasteiger partial charge is 0.509 e. The first-order valence-electron chi connectivity index (χ1n) is 5.39. The Labute approximate surface area is 93.5 Å². The molecular weight excluding hydrogens is 184 g/mol. The molecule has 0 aromatic carbocycles. The first-order valence-corrected chi connectivity index (χ1v) is 5.39. The van der Waals surface area contributed by atoms with Gasteiger partial charge in [-0.05, 0) is 36.5 Å². The van der Waals surface area contributed by atoms with Crippen molar-refractivity contribution in [2.75, 3.05) is 0 Å². The predicted octanol–water partition coefficient (Wildman–Crippen LogP) is 4.55. The summed E-state index contributed by atoms with van der Waals surface area (Å²) in [6.07, 6.45) is 7.81. The smallest absolute Gasteiger partial charge is 0.108 e. The molecule has 0 saturated heterocycles. The van der Waals surface area contributed by atoms with Gasteiger partial charge >= 0.3 is 0 Å². The second-order valence-corrected chi connectivity index (χ2v) is 3.99. The highest BCUT2D eigenvalue weighted by molar-refractivity contribution is 5.37. The molecule has 15 heavy (non-hydrogen) atoms. The molecule has 0 aliphatic heterocycles. The molecule has 1 N–H and O–H groups in total. The third-order valence-corrected chi connectivity index (χ3v) is 2.51. The second kappa shape index (κ2) is 7.10. The fourth-order valence-electron chi connectivity index (χ4n) is 1.00.